The summed E-state index contributed by atoms with van der Waals surface area (Å²) in [6.45, 7) is 10.00. The highest BCUT2D eigenvalue weighted by Gasteiger charge is 2.13. The van der Waals surface area contributed by atoms with Gasteiger partial charge in [-0.05, 0) is 37.8 Å². The predicted molar refractivity (Wildman–Crippen MR) is 82.0 cm³/mol. The molecule has 4 nitrogen and oxygen atoms in total. The first-order valence-electron chi connectivity index (χ1n) is 6.84. The van der Waals surface area contributed by atoms with Crippen molar-refractivity contribution in [3.05, 3.63) is 35.4 Å². The molecular formula is C16H24N2O2. The Morgan fingerprint density at radius 1 is 1.30 bits per heavy atom. The lowest BCUT2D eigenvalue weighted by Gasteiger charge is -2.19. The fraction of sp³-hybridized carbons (Fsp3) is 0.500. The third kappa shape index (κ3) is 6.36. The summed E-state index contributed by atoms with van der Waals surface area (Å²) < 4.78 is 0. The van der Waals surface area contributed by atoms with Gasteiger partial charge in [0.1, 0.15) is 0 Å². The second-order valence-electron chi connectivity index (χ2n) is 6.13. The van der Waals surface area contributed by atoms with Crippen LogP contribution in [0.15, 0.2) is 29.4 Å². The highest BCUT2D eigenvalue weighted by Crippen LogP contribution is 2.13. The third-order valence-electron chi connectivity index (χ3n) is 2.59. The summed E-state index contributed by atoms with van der Waals surface area (Å²) in [5.41, 5.74) is 1.98. The van der Waals surface area contributed by atoms with E-state index < -0.39 is 0 Å². The Labute approximate surface area is 121 Å². The third-order valence-corrected chi connectivity index (χ3v) is 2.59. The molecule has 0 saturated carbocycles. The Bertz CT molecular complexity index is 456. The first kappa shape index (κ1) is 16.2. The molecule has 0 atom stereocenters. The smallest absolute Gasteiger partial charge is 0.261 e. The van der Waals surface area contributed by atoms with Crippen LogP contribution >= 0.6 is 0 Å². The van der Waals surface area contributed by atoms with Gasteiger partial charge in [-0.25, -0.2) is 0 Å². The van der Waals surface area contributed by atoms with E-state index in [9.17, 15) is 4.79 Å². The van der Waals surface area contributed by atoms with E-state index in [1.54, 1.807) is 6.21 Å². The minimum Gasteiger partial charge on any atom is -0.386 e. The summed E-state index contributed by atoms with van der Waals surface area (Å²) in [4.78, 5) is 16.5. The van der Waals surface area contributed by atoms with E-state index in [0.717, 1.165) is 5.56 Å². The van der Waals surface area contributed by atoms with Crippen LogP contribution in [0.1, 0.15) is 51.7 Å². The normalized spacial score (nSPS) is 11.9. The number of benzene rings is 1. The van der Waals surface area contributed by atoms with Crippen LogP contribution in [0, 0.1) is 0 Å². The SMILES string of the molecule is CC(C)c1ccc(/C=N/OCC(=O)NC(C)(C)C)cc1. The van der Waals surface area contributed by atoms with Crippen molar-refractivity contribution in [3.8, 4) is 0 Å². The standard InChI is InChI=1S/C16H24N2O2/c1-12(2)14-8-6-13(7-9-14)10-17-20-11-15(19)18-16(3,4)5/h6-10,12H,11H2,1-5H3,(H,18,19)/b17-10+. The van der Waals surface area contributed by atoms with E-state index in [2.05, 4.69) is 36.5 Å². The fourth-order valence-corrected chi connectivity index (χ4v) is 1.62. The lowest BCUT2D eigenvalue weighted by atomic mass is 10.0. The fourth-order valence-electron chi connectivity index (χ4n) is 1.62. The molecule has 4 heteroatoms. The number of carbonyl (C=O) groups is 1. The van der Waals surface area contributed by atoms with Crippen LogP contribution in [-0.2, 0) is 9.63 Å². The molecule has 0 radical (unpaired) electrons. The molecule has 0 aromatic heterocycles. The Kier molecular flexibility index (Phi) is 5.74. The molecule has 1 aromatic carbocycles. The maximum Gasteiger partial charge on any atom is 0.261 e. The van der Waals surface area contributed by atoms with Crippen molar-refractivity contribution < 1.29 is 9.63 Å². The Morgan fingerprint density at radius 2 is 1.90 bits per heavy atom. The van der Waals surface area contributed by atoms with Crippen LogP contribution in [0.25, 0.3) is 0 Å². The van der Waals surface area contributed by atoms with Crippen LogP contribution in [0.4, 0.5) is 0 Å². The first-order valence-corrected chi connectivity index (χ1v) is 6.84. The molecule has 0 aliphatic rings. The van der Waals surface area contributed by atoms with Gasteiger partial charge < -0.3 is 10.2 Å². The van der Waals surface area contributed by atoms with Gasteiger partial charge in [-0.1, -0.05) is 43.3 Å². The molecular weight excluding hydrogens is 252 g/mol. The van der Waals surface area contributed by atoms with Crippen LogP contribution in [0.5, 0.6) is 0 Å². The monoisotopic (exact) mass is 276 g/mol. The Balaban J connectivity index is 2.40. The number of rotatable bonds is 5. The number of amides is 1. The largest absolute Gasteiger partial charge is 0.386 e. The Morgan fingerprint density at radius 3 is 2.40 bits per heavy atom. The van der Waals surface area contributed by atoms with Gasteiger partial charge in [0.2, 0.25) is 0 Å². The predicted octanol–water partition coefficient (Wildman–Crippen LogP) is 3.08. The molecule has 0 spiro atoms. The summed E-state index contributed by atoms with van der Waals surface area (Å²) in [6.07, 6.45) is 1.61. The zero-order valence-corrected chi connectivity index (χ0v) is 12.9. The van der Waals surface area contributed by atoms with Crippen molar-refractivity contribution in [1.82, 2.24) is 5.32 Å². The van der Waals surface area contributed by atoms with Crippen molar-refractivity contribution in [2.24, 2.45) is 5.16 Å². The molecule has 1 N–H and O–H groups in total. The van der Waals surface area contributed by atoms with Crippen molar-refractivity contribution in [2.75, 3.05) is 6.61 Å². The molecule has 20 heavy (non-hydrogen) atoms. The quantitative estimate of drug-likeness (QED) is 0.663. The maximum absolute atomic E-state index is 11.5. The summed E-state index contributed by atoms with van der Waals surface area (Å²) in [5, 5.41) is 6.60. The van der Waals surface area contributed by atoms with Crippen LogP contribution in [0.2, 0.25) is 0 Å². The van der Waals surface area contributed by atoms with Gasteiger partial charge >= 0.3 is 0 Å². The molecule has 0 aliphatic carbocycles. The summed E-state index contributed by atoms with van der Waals surface area (Å²) in [7, 11) is 0. The van der Waals surface area contributed by atoms with E-state index in [1.165, 1.54) is 5.56 Å². The van der Waals surface area contributed by atoms with E-state index in [-0.39, 0.29) is 18.1 Å². The van der Waals surface area contributed by atoms with Gasteiger partial charge in [0.05, 0.1) is 6.21 Å². The highest BCUT2D eigenvalue weighted by molar-refractivity contribution is 5.80. The Hall–Kier alpha value is -1.84. The highest BCUT2D eigenvalue weighted by atomic mass is 16.6. The first-order chi connectivity index (χ1) is 9.28. The minimum atomic E-state index is -0.253. The number of hydrogen-bond acceptors (Lipinski definition) is 3. The average molecular weight is 276 g/mol. The van der Waals surface area contributed by atoms with Crippen molar-refractivity contribution >= 4 is 12.1 Å². The van der Waals surface area contributed by atoms with E-state index in [0.29, 0.717) is 5.92 Å². The minimum absolute atomic E-state index is 0.0716. The van der Waals surface area contributed by atoms with Crippen LogP contribution in [0.3, 0.4) is 0 Å². The van der Waals surface area contributed by atoms with Gasteiger partial charge in [-0.15, -0.1) is 0 Å². The number of nitrogens with zero attached hydrogens (tertiary/aromatic N) is 1. The number of oxime groups is 1. The molecule has 110 valence electrons. The molecule has 0 bridgehead atoms. The molecule has 0 aliphatic heterocycles. The zero-order chi connectivity index (χ0) is 15.2. The topological polar surface area (TPSA) is 50.7 Å². The molecule has 0 heterocycles. The van der Waals surface area contributed by atoms with Gasteiger partial charge in [0.15, 0.2) is 6.61 Å². The maximum atomic E-state index is 11.5. The second kappa shape index (κ2) is 7.08. The van der Waals surface area contributed by atoms with Gasteiger partial charge in [0.25, 0.3) is 5.91 Å². The molecule has 1 aromatic rings. The molecule has 1 rings (SSSR count). The molecule has 0 unspecified atom stereocenters. The molecule has 1 amide bonds. The molecule has 0 saturated heterocycles. The number of carbonyl (C=O) groups excluding carboxylic acids is 1. The summed E-state index contributed by atoms with van der Waals surface area (Å²) in [5.74, 6) is 0.336. The van der Waals surface area contributed by atoms with E-state index >= 15 is 0 Å². The number of hydrogen-bond donors (Lipinski definition) is 1. The second-order valence-corrected chi connectivity index (χ2v) is 6.13. The van der Waals surface area contributed by atoms with Crippen LogP contribution < -0.4 is 5.32 Å². The van der Waals surface area contributed by atoms with Crippen molar-refractivity contribution in [3.63, 3.8) is 0 Å². The average Bonchev–Trinajstić information content (AvgIpc) is 2.33. The van der Waals surface area contributed by atoms with Gasteiger partial charge in [0, 0.05) is 5.54 Å². The summed E-state index contributed by atoms with van der Waals surface area (Å²) in [6, 6.07) is 8.10. The molecule has 0 fully saturated rings. The van der Waals surface area contributed by atoms with Crippen LogP contribution in [-0.4, -0.2) is 24.3 Å². The number of nitrogens with one attached hydrogen (secondary N) is 1. The van der Waals surface area contributed by atoms with Gasteiger partial charge in [-0.3, -0.25) is 4.79 Å². The van der Waals surface area contributed by atoms with Gasteiger partial charge in [-0.2, -0.15) is 0 Å². The zero-order valence-electron chi connectivity index (χ0n) is 12.9. The van der Waals surface area contributed by atoms with Crippen molar-refractivity contribution in [1.29, 1.82) is 0 Å². The van der Waals surface area contributed by atoms with E-state index in [1.807, 2.05) is 32.9 Å². The van der Waals surface area contributed by atoms with Crippen molar-refractivity contribution in [2.45, 2.75) is 46.1 Å². The lowest BCUT2D eigenvalue weighted by Crippen LogP contribution is -2.42. The van der Waals surface area contributed by atoms with E-state index in [4.69, 9.17) is 4.84 Å². The lowest BCUT2D eigenvalue weighted by molar-refractivity contribution is -0.127. The summed E-state index contributed by atoms with van der Waals surface area (Å²) >= 11 is 0.